The molecule has 2 aliphatic heterocycles. The number of rotatable bonds is 5. The van der Waals surface area contributed by atoms with Gasteiger partial charge in [0, 0.05) is 31.4 Å². The molecule has 3 atom stereocenters. The van der Waals surface area contributed by atoms with E-state index in [0.717, 1.165) is 51.0 Å². The Morgan fingerprint density at radius 2 is 2.30 bits per heavy atom. The van der Waals surface area contributed by atoms with Gasteiger partial charge in [0.25, 0.3) is 0 Å². The van der Waals surface area contributed by atoms with Crippen LogP contribution < -0.4 is 0 Å². The summed E-state index contributed by atoms with van der Waals surface area (Å²) in [4.78, 5) is 14.9. The second-order valence-corrected chi connectivity index (χ2v) is 7.32. The fourth-order valence-corrected chi connectivity index (χ4v) is 4.66. The van der Waals surface area contributed by atoms with E-state index in [9.17, 15) is 4.79 Å². The highest BCUT2D eigenvalue weighted by atomic mass is 32.2. The summed E-state index contributed by atoms with van der Waals surface area (Å²) in [6.45, 7) is 1.69. The van der Waals surface area contributed by atoms with Gasteiger partial charge in [-0.1, -0.05) is 12.2 Å². The van der Waals surface area contributed by atoms with E-state index in [1.165, 1.54) is 5.75 Å². The highest BCUT2D eigenvalue weighted by Crippen LogP contribution is 2.27. The third kappa shape index (κ3) is 3.59. The first-order valence-corrected chi connectivity index (χ1v) is 9.14. The van der Waals surface area contributed by atoms with E-state index in [2.05, 4.69) is 17.1 Å². The van der Waals surface area contributed by atoms with Crippen LogP contribution in [0.5, 0.6) is 0 Å². The van der Waals surface area contributed by atoms with Gasteiger partial charge in [-0.3, -0.25) is 4.79 Å². The molecule has 3 unspecified atom stereocenters. The maximum absolute atomic E-state index is 12.7. The third-order valence-corrected chi connectivity index (χ3v) is 5.79. The maximum Gasteiger partial charge on any atom is 0.223 e. The Morgan fingerprint density at radius 3 is 2.95 bits per heavy atom. The smallest absolute Gasteiger partial charge is 0.223 e. The zero-order valence-corrected chi connectivity index (χ0v) is 12.9. The topological polar surface area (TPSA) is 29.5 Å². The predicted molar refractivity (Wildman–Crippen MR) is 82.9 cm³/mol. The van der Waals surface area contributed by atoms with Crippen molar-refractivity contribution in [1.82, 2.24) is 4.90 Å². The van der Waals surface area contributed by atoms with E-state index < -0.39 is 0 Å². The van der Waals surface area contributed by atoms with Gasteiger partial charge in [-0.05, 0) is 43.8 Å². The van der Waals surface area contributed by atoms with Gasteiger partial charge < -0.3 is 9.64 Å². The Kier molecular flexibility index (Phi) is 5.05. The third-order valence-electron chi connectivity index (χ3n) is 4.64. The lowest BCUT2D eigenvalue weighted by atomic mass is 10.0. The van der Waals surface area contributed by atoms with Crippen LogP contribution in [0.2, 0.25) is 0 Å². The lowest BCUT2D eigenvalue weighted by Gasteiger charge is -2.31. The van der Waals surface area contributed by atoms with Gasteiger partial charge in [-0.2, -0.15) is 11.8 Å². The highest BCUT2D eigenvalue weighted by Gasteiger charge is 2.31. The van der Waals surface area contributed by atoms with Crippen LogP contribution in [0, 0.1) is 5.92 Å². The van der Waals surface area contributed by atoms with Crippen LogP contribution in [0.15, 0.2) is 12.2 Å². The van der Waals surface area contributed by atoms with Crippen molar-refractivity contribution in [1.29, 1.82) is 0 Å². The Balaban J connectivity index is 1.60. The summed E-state index contributed by atoms with van der Waals surface area (Å²) in [6.07, 6.45) is 11.1. The number of nitrogens with zero attached hydrogens (tertiary/aromatic N) is 1. The fourth-order valence-electron chi connectivity index (χ4n) is 3.44. The van der Waals surface area contributed by atoms with Gasteiger partial charge in [0.1, 0.15) is 0 Å². The average Bonchev–Trinajstić information content (AvgIpc) is 3.19. The fraction of sp³-hybridized carbons (Fsp3) is 0.812. The molecule has 0 aromatic rings. The van der Waals surface area contributed by atoms with Crippen LogP contribution in [0.1, 0.15) is 38.5 Å². The molecule has 1 amide bonds. The molecule has 2 saturated heterocycles. The van der Waals surface area contributed by atoms with Crippen molar-refractivity contribution >= 4 is 17.7 Å². The molecule has 1 aliphatic carbocycles. The van der Waals surface area contributed by atoms with Crippen LogP contribution in [-0.2, 0) is 9.53 Å². The molecule has 2 fully saturated rings. The lowest BCUT2D eigenvalue weighted by molar-refractivity contribution is -0.135. The first-order valence-electron chi connectivity index (χ1n) is 7.98. The summed E-state index contributed by atoms with van der Waals surface area (Å²) >= 11 is 1.98. The van der Waals surface area contributed by atoms with Crippen LogP contribution in [0.3, 0.4) is 0 Å². The second-order valence-electron chi connectivity index (χ2n) is 6.17. The molecule has 0 aromatic carbocycles. The molecule has 0 spiro atoms. The van der Waals surface area contributed by atoms with Crippen molar-refractivity contribution in [3.8, 4) is 0 Å². The molecule has 3 rings (SSSR count). The Hall–Kier alpha value is -0.480. The van der Waals surface area contributed by atoms with Crippen molar-refractivity contribution in [2.45, 2.75) is 50.7 Å². The Bertz CT molecular complexity index is 359. The number of ether oxygens (including phenoxy) is 1. The largest absolute Gasteiger partial charge is 0.376 e. The van der Waals surface area contributed by atoms with E-state index >= 15 is 0 Å². The average molecular weight is 295 g/mol. The summed E-state index contributed by atoms with van der Waals surface area (Å²) in [5.74, 6) is 3.13. The van der Waals surface area contributed by atoms with Crippen molar-refractivity contribution in [2.75, 3.05) is 24.7 Å². The van der Waals surface area contributed by atoms with Gasteiger partial charge in [-0.25, -0.2) is 0 Å². The Labute approximate surface area is 126 Å². The summed E-state index contributed by atoms with van der Waals surface area (Å²) < 4.78 is 5.75. The minimum absolute atomic E-state index is 0.281. The molecular formula is C16H25NO2S. The number of hydrogen-bond donors (Lipinski definition) is 0. The molecule has 0 aromatic heterocycles. The SMILES string of the molecule is O=C(CC1C=CCC1)N(CC1CCCO1)C1CCSC1. The number of amides is 1. The number of carbonyl (C=O) groups is 1. The molecule has 3 nitrogen and oxygen atoms in total. The highest BCUT2D eigenvalue weighted by molar-refractivity contribution is 7.99. The van der Waals surface area contributed by atoms with Crippen molar-refractivity contribution in [3.05, 3.63) is 12.2 Å². The van der Waals surface area contributed by atoms with Gasteiger partial charge in [-0.15, -0.1) is 0 Å². The Morgan fingerprint density at radius 1 is 1.35 bits per heavy atom. The molecule has 0 radical (unpaired) electrons. The summed E-state index contributed by atoms with van der Waals surface area (Å²) in [5.41, 5.74) is 0. The lowest BCUT2D eigenvalue weighted by Crippen LogP contribution is -2.45. The van der Waals surface area contributed by atoms with E-state index in [4.69, 9.17) is 4.74 Å². The van der Waals surface area contributed by atoms with Crippen LogP contribution in [0.4, 0.5) is 0 Å². The standard InChI is InChI=1S/C16H25NO2S/c18-16(10-13-4-1-2-5-13)17(14-7-9-20-12-14)11-15-6-3-8-19-15/h1,4,13-15H,2-3,5-12H2. The normalized spacial score (nSPS) is 32.9. The van der Waals surface area contributed by atoms with Crippen molar-refractivity contribution in [2.24, 2.45) is 5.92 Å². The zero-order valence-electron chi connectivity index (χ0n) is 12.1. The van der Waals surface area contributed by atoms with E-state index in [0.29, 0.717) is 24.3 Å². The van der Waals surface area contributed by atoms with Gasteiger partial charge in [0.2, 0.25) is 5.91 Å². The van der Waals surface area contributed by atoms with E-state index in [1.807, 2.05) is 11.8 Å². The first kappa shape index (κ1) is 14.5. The molecule has 3 aliphatic rings. The molecular weight excluding hydrogens is 270 g/mol. The maximum atomic E-state index is 12.7. The van der Waals surface area contributed by atoms with E-state index in [-0.39, 0.29) is 6.10 Å². The quantitative estimate of drug-likeness (QED) is 0.731. The molecule has 0 N–H and O–H groups in total. The summed E-state index contributed by atoms with van der Waals surface area (Å²) in [6, 6.07) is 0.446. The minimum Gasteiger partial charge on any atom is -0.376 e. The molecule has 2 heterocycles. The van der Waals surface area contributed by atoms with Gasteiger partial charge in [0.15, 0.2) is 0 Å². The number of thioether (sulfide) groups is 1. The molecule has 20 heavy (non-hydrogen) atoms. The minimum atomic E-state index is 0.281. The van der Waals surface area contributed by atoms with Crippen molar-refractivity contribution < 1.29 is 9.53 Å². The second kappa shape index (κ2) is 6.99. The van der Waals surface area contributed by atoms with Crippen LogP contribution in [0.25, 0.3) is 0 Å². The summed E-state index contributed by atoms with van der Waals surface area (Å²) in [7, 11) is 0. The van der Waals surface area contributed by atoms with Crippen LogP contribution in [-0.4, -0.2) is 47.6 Å². The number of allylic oxidation sites excluding steroid dienone is 2. The molecule has 112 valence electrons. The van der Waals surface area contributed by atoms with Gasteiger partial charge in [0.05, 0.1) is 6.10 Å². The monoisotopic (exact) mass is 295 g/mol. The molecule has 0 bridgehead atoms. The van der Waals surface area contributed by atoms with Crippen molar-refractivity contribution in [3.63, 3.8) is 0 Å². The molecule has 0 saturated carbocycles. The summed E-state index contributed by atoms with van der Waals surface area (Å²) in [5, 5.41) is 0. The first-order chi connectivity index (χ1) is 9.83. The predicted octanol–water partition coefficient (Wildman–Crippen LogP) is 2.86. The molecule has 4 heteroatoms. The van der Waals surface area contributed by atoms with Crippen LogP contribution >= 0.6 is 11.8 Å². The van der Waals surface area contributed by atoms with E-state index in [1.54, 1.807) is 0 Å². The zero-order chi connectivity index (χ0) is 13.8. The van der Waals surface area contributed by atoms with Gasteiger partial charge >= 0.3 is 0 Å². The number of hydrogen-bond acceptors (Lipinski definition) is 3. The number of carbonyl (C=O) groups excluding carboxylic acids is 1.